The number of hydrogen-bond acceptors (Lipinski definition) is 5. The molecule has 0 bridgehead atoms. The highest BCUT2D eigenvalue weighted by Crippen LogP contribution is 2.29. The van der Waals surface area contributed by atoms with Crippen molar-refractivity contribution in [3.63, 3.8) is 0 Å². The van der Waals surface area contributed by atoms with E-state index in [0.29, 0.717) is 63.5 Å². The second kappa shape index (κ2) is 7.21. The van der Waals surface area contributed by atoms with Gasteiger partial charge in [0.25, 0.3) is 0 Å². The van der Waals surface area contributed by atoms with E-state index >= 15 is 0 Å². The standard InChI is InChI=1S/C18H23N3O5S/c22-17-12-14-11-15(1-2-16(14)19-17)27(24,25)21-5-3-13(4-6-21)18(23)20-7-9-26-10-8-20/h1-2,11,13H,3-10,12H2,(H,19,22). The summed E-state index contributed by atoms with van der Waals surface area (Å²) >= 11 is 0. The van der Waals surface area contributed by atoms with Crippen molar-refractivity contribution in [1.29, 1.82) is 0 Å². The Kier molecular flexibility index (Phi) is 4.92. The fourth-order valence-corrected chi connectivity index (χ4v) is 5.42. The molecule has 9 heteroatoms. The Labute approximate surface area is 158 Å². The van der Waals surface area contributed by atoms with Gasteiger partial charge in [0.05, 0.1) is 24.5 Å². The van der Waals surface area contributed by atoms with Crippen LogP contribution in [-0.4, -0.2) is 68.8 Å². The van der Waals surface area contributed by atoms with Crippen LogP contribution in [0.5, 0.6) is 0 Å². The summed E-state index contributed by atoms with van der Waals surface area (Å²) in [5, 5.41) is 2.71. The van der Waals surface area contributed by atoms with Crippen LogP contribution >= 0.6 is 0 Å². The summed E-state index contributed by atoms with van der Waals surface area (Å²) in [7, 11) is -3.63. The highest BCUT2D eigenvalue weighted by atomic mass is 32.2. The SMILES string of the molecule is O=C1Cc2cc(S(=O)(=O)N3CCC(C(=O)N4CCOCC4)CC3)ccc2N1. The first-order chi connectivity index (χ1) is 12.9. The van der Waals surface area contributed by atoms with Gasteiger partial charge in [-0.1, -0.05) is 0 Å². The summed E-state index contributed by atoms with van der Waals surface area (Å²) in [4.78, 5) is 26.1. The first-order valence-corrected chi connectivity index (χ1v) is 10.7. The second-order valence-corrected chi connectivity index (χ2v) is 9.10. The minimum absolute atomic E-state index is 0.109. The van der Waals surface area contributed by atoms with Crippen LogP contribution < -0.4 is 5.32 Å². The van der Waals surface area contributed by atoms with Crippen molar-refractivity contribution in [1.82, 2.24) is 9.21 Å². The number of morpholine rings is 1. The minimum Gasteiger partial charge on any atom is -0.378 e. The zero-order valence-corrected chi connectivity index (χ0v) is 15.8. The largest absolute Gasteiger partial charge is 0.378 e. The van der Waals surface area contributed by atoms with Gasteiger partial charge in [-0.3, -0.25) is 9.59 Å². The van der Waals surface area contributed by atoms with Crippen molar-refractivity contribution < 1.29 is 22.7 Å². The summed E-state index contributed by atoms with van der Waals surface area (Å²) in [6.07, 6.45) is 1.26. The number of amides is 2. The molecule has 0 saturated carbocycles. The van der Waals surface area contributed by atoms with Gasteiger partial charge in [-0.05, 0) is 36.6 Å². The average Bonchev–Trinajstić information content (AvgIpc) is 3.07. The van der Waals surface area contributed by atoms with Crippen molar-refractivity contribution in [3.8, 4) is 0 Å². The van der Waals surface area contributed by atoms with Crippen molar-refractivity contribution in [2.24, 2.45) is 5.92 Å². The normalized spacial score (nSPS) is 21.8. The number of fused-ring (bicyclic) bond motifs is 1. The van der Waals surface area contributed by atoms with E-state index in [1.807, 2.05) is 4.90 Å². The van der Waals surface area contributed by atoms with Crippen LogP contribution in [0.15, 0.2) is 23.1 Å². The van der Waals surface area contributed by atoms with Crippen LogP contribution in [0, 0.1) is 5.92 Å². The maximum absolute atomic E-state index is 13.0. The molecule has 2 amide bonds. The fourth-order valence-electron chi connectivity index (χ4n) is 3.90. The molecule has 1 aromatic rings. The van der Waals surface area contributed by atoms with E-state index in [4.69, 9.17) is 4.74 Å². The van der Waals surface area contributed by atoms with Gasteiger partial charge >= 0.3 is 0 Å². The second-order valence-electron chi connectivity index (χ2n) is 7.16. The number of ether oxygens (including phenoxy) is 1. The van der Waals surface area contributed by atoms with E-state index in [9.17, 15) is 18.0 Å². The number of benzene rings is 1. The lowest BCUT2D eigenvalue weighted by atomic mass is 9.96. The molecule has 4 rings (SSSR count). The van der Waals surface area contributed by atoms with Gasteiger partial charge in [-0.2, -0.15) is 4.31 Å². The number of nitrogens with zero attached hydrogens (tertiary/aromatic N) is 2. The number of anilines is 1. The van der Waals surface area contributed by atoms with E-state index < -0.39 is 10.0 Å². The molecule has 2 fully saturated rings. The number of carbonyl (C=O) groups is 2. The van der Waals surface area contributed by atoms with Crippen LogP contribution in [0.4, 0.5) is 5.69 Å². The van der Waals surface area contributed by atoms with Gasteiger partial charge < -0.3 is 15.0 Å². The number of carbonyl (C=O) groups excluding carboxylic acids is 2. The van der Waals surface area contributed by atoms with Crippen LogP contribution in [0.1, 0.15) is 18.4 Å². The molecule has 3 heterocycles. The molecule has 2 saturated heterocycles. The van der Waals surface area contributed by atoms with Gasteiger partial charge in [0.15, 0.2) is 0 Å². The number of sulfonamides is 1. The summed E-state index contributed by atoms with van der Waals surface area (Å²) in [6.45, 7) is 3.01. The van der Waals surface area contributed by atoms with Gasteiger partial charge in [-0.25, -0.2) is 8.42 Å². The molecule has 3 aliphatic rings. The maximum atomic E-state index is 13.0. The molecule has 0 unspecified atom stereocenters. The molecule has 0 aromatic heterocycles. The monoisotopic (exact) mass is 393 g/mol. The zero-order valence-electron chi connectivity index (χ0n) is 15.0. The smallest absolute Gasteiger partial charge is 0.243 e. The molecule has 1 aromatic carbocycles. The van der Waals surface area contributed by atoms with Gasteiger partial charge in [0.1, 0.15) is 0 Å². The number of hydrogen-bond donors (Lipinski definition) is 1. The number of rotatable bonds is 3. The van der Waals surface area contributed by atoms with Crippen LogP contribution in [0.3, 0.4) is 0 Å². The Morgan fingerprint density at radius 3 is 2.52 bits per heavy atom. The van der Waals surface area contributed by atoms with Crippen molar-refractivity contribution >= 4 is 27.5 Å². The maximum Gasteiger partial charge on any atom is 0.243 e. The highest BCUT2D eigenvalue weighted by Gasteiger charge is 2.34. The number of piperidine rings is 1. The van der Waals surface area contributed by atoms with E-state index in [-0.39, 0.29) is 29.0 Å². The van der Waals surface area contributed by atoms with Gasteiger partial charge in [0.2, 0.25) is 21.8 Å². The lowest BCUT2D eigenvalue weighted by Crippen LogP contribution is -2.47. The van der Waals surface area contributed by atoms with E-state index in [1.54, 1.807) is 12.1 Å². The van der Waals surface area contributed by atoms with E-state index in [1.165, 1.54) is 10.4 Å². The third-order valence-corrected chi connectivity index (χ3v) is 7.36. The average molecular weight is 393 g/mol. The molecule has 146 valence electrons. The molecule has 0 spiro atoms. The first kappa shape index (κ1) is 18.4. The third kappa shape index (κ3) is 3.59. The van der Waals surface area contributed by atoms with Crippen molar-refractivity contribution in [2.45, 2.75) is 24.2 Å². The first-order valence-electron chi connectivity index (χ1n) is 9.24. The van der Waals surface area contributed by atoms with Crippen LogP contribution in [0.25, 0.3) is 0 Å². The van der Waals surface area contributed by atoms with Gasteiger partial charge in [0, 0.05) is 37.8 Å². The van der Waals surface area contributed by atoms with Crippen molar-refractivity contribution in [3.05, 3.63) is 23.8 Å². The Balaban J connectivity index is 1.42. The summed E-state index contributed by atoms with van der Waals surface area (Å²) in [5.74, 6) is -0.143. The Morgan fingerprint density at radius 1 is 1.11 bits per heavy atom. The molecular weight excluding hydrogens is 370 g/mol. The molecule has 27 heavy (non-hydrogen) atoms. The Hall–Kier alpha value is -1.97. The number of nitrogens with one attached hydrogen (secondary N) is 1. The predicted octanol–water partition coefficient (Wildman–Crippen LogP) is 0.441. The lowest BCUT2D eigenvalue weighted by Gasteiger charge is -2.35. The molecule has 0 radical (unpaired) electrons. The third-order valence-electron chi connectivity index (χ3n) is 5.47. The topological polar surface area (TPSA) is 96.0 Å². The summed E-state index contributed by atoms with van der Waals surface area (Å²) < 4.78 is 32.6. The molecule has 0 atom stereocenters. The quantitative estimate of drug-likeness (QED) is 0.804. The molecule has 1 N–H and O–H groups in total. The van der Waals surface area contributed by atoms with Crippen LogP contribution in [-0.2, 0) is 30.8 Å². The fraction of sp³-hybridized carbons (Fsp3) is 0.556. The molecule has 3 aliphatic heterocycles. The Morgan fingerprint density at radius 2 is 1.81 bits per heavy atom. The Bertz CT molecular complexity index is 856. The summed E-state index contributed by atoms with van der Waals surface area (Å²) in [5.41, 5.74) is 1.38. The molecule has 8 nitrogen and oxygen atoms in total. The highest BCUT2D eigenvalue weighted by molar-refractivity contribution is 7.89. The van der Waals surface area contributed by atoms with Gasteiger partial charge in [-0.15, -0.1) is 0 Å². The van der Waals surface area contributed by atoms with E-state index in [2.05, 4.69) is 5.32 Å². The minimum atomic E-state index is -3.63. The van der Waals surface area contributed by atoms with Crippen LogP contribution in [0.2, 0.25) is 0 Å². The summed E-state index contributed by atoms with van der Waals surface area (Å²) in [6, 6.07) is 4.75. The van der Waals surface area contributed by atoms with E-state index in [0.717, 1.165) is 0 Å². The molecular formula is C18H23N3O5S. The zero-order chi connectivity index (χ0) is 19.0. The molecule has 0 aliphatic carbocycles. The lowest BCUT2D eigenvalue weighted by molar-refractivity contribution is -0.140. The predicted molar refractivity (Wildman–Crippen MR) is 97.7 cm³/mol. The van der Waals surface area contributed by atoms with Crippen molar-refractivity contribution in [2.75, 3.05) is 44.7 Å².